The molecule has 1 N–H and O–H groups in total. The Kier molecular flexibility index (Phi) is 1.20. The molecule has 0 aromatic carbocycles. The third-order valence-electron chi connectivity index (χ3n) is 0.979. The van der Waals surface area contributed by atoms with E-state index in [1.165, 1.54) is 0 Å². The van der Waals surface area contributed by atoms with Gasteiger partial charge in [0.25, 0.3) is 0 Å². The SMILES string of the molecule is O=C1CCOC1=CO. The van der Waals surface area contributed by atoms with Crippen molar-refractivity contribution in [2.45, 2.75) is 6.42 Å². The van der Waals surface area contributed by atoms with Crippen molar-refractivity contribution in [3.63, 3.8) is 0 Å². The molecule has 1 saturated heterocycles. The third-order valence-corrected chi connectivity index (χ3v) is 0.979. The number of aliphatic hydroxyl groups excluding tert-OH is 1. The van der Waals surface area contributed by atoms with E-state index in [-0.39, 0.29) is 11.5 Å². The van der Waals surface area contributed by atoms with Gasteiger partial charge in [-0.05, 0) is 0 Å². The molecular formula is C5H6O3. The first kappa shape index (κ1) is 5.15. The van der Waals surface area contributed by atoms with Crippen LogP contribution in [-0.2, 0) is 9.53 Å². The normalized spacial score (nSPS) is 24.0. The lowest BCUT2D eigenvalue weighted by molar-refractivity contribution is -0.115. The van der Waals surface area contributed by atoms with Crippen LogP contribution >= 0.6 is 0 Å². The van der Waals surface area contributed by atoms with Crippen LogP contribution < -0.4 is 0 Å². The molecule has 1 rings (SSSR count). The quantitative estimate of drug-likeness (QED) is 0.365. The molecule has 0 amide bonds. The molecule has 8 heavy (non-hydrogen) atoms. The summed E-state index contributed by atoms with van der Waals surface area (Å²) in [5, 5.41) is 8.23. The monoisotopic (exact) mass is 114 g/mol. The largest absolute Gasteiger partial charge is 0.512 e. The van der Waals surface area contributed by atoms with E-state index in [4.69, 9.17) is 5.11 Å². The maximum Gasteiger partial charge on any atom is 0.203 e. The van der Waals surface area contributed by atoms with E-state index in [9.17, 15) is 4.79 Å². The van der Waals surface area contributed by atoms with Gasteiger partial charge in [0.1, 0.15) is 6.26 Å². The molecule has 0 aromatic heterocycles. The highest BCUT2D eigenvalue weighted by Crippen LogP contribution is 2.09. The average molecular weight is 114 g/mol. The molecule has 0 aromatic rings. The fourth-order valence-corrected chi connectivity index (χ4v) is 0.567. The van der Waals surface area contributed by atoms with Crippen LogP contribution in [0.25, 0.3) is 0 Å². The van der Waals surface area contributed by atoms with E-state index in [0.29, 0.717) is 19.3 Å². The molecule has 0 saturated carbocycles. The van der Waals surface area contributed by atoms with Crippen LogP contribution in [0.1, 0.15) is 6.42 Å². The highest BCUT2D eigenvalue weighted by atomic mass is 16.5. The zero-order chi connectivity index (χ0) is 5.98. The Morgan fingerprint density at radius 3 is 2.75 bits per heavy atom. The highest BCUT2D eigenvalue weighted by molar-refractivity contribution is 5.94. The van der Waals surface area contributed by atoms with Gasteiger partial charge in [-0.2, -0.15) is 0 Å². The number of Topliss-reactive ketones (excluding diaryl/α,β-unsaturated/α-hetero) is 1. The lowest BCUT2D eigenvalue weighted by Crippen LogP contribution is -1.91. The summed E-state index contributed by atoms with van der Waals surface area (Å²) in [5.74, 6) is -0.0301. The van der Waals surface area contributed by atoms with E-state index in [1.807, 2.05) is 0 Å². The first-order valence-electron chi connectivity index (χ1n) is 2.35. The van der Waals surface area contributed by atoms with E-state index in [1.54, 1.807) is 0 Å². The maximum atomic E-state index is 10.5. The zero-order valence-electron chi connectivity index (χ0n) is 4.26. The van der Waals surface area contributed by atoms with Crippen molar-refractivity contribution in [1.29, 1.82) is 0 Å². The van der Waals surface area contributed by atoms with Crippen molar-refractivity contribution in [1.82, 2.24) is 0 Å². The molecule has 0 bridgehead atoms. The molecule has 3 nitrogen and oxygen atoms in total. The van der Waals surface area contributed by atoms with Crippen LogP contribution in [0.4, 0.5) is 0 Å². The number of ketones is 1. The van der Waals surface area contributed by atoms with Gasteiger partial charge < -0.3 is 9.84 Å². The van der Waals surface area contributed by atoms with Crippen LogP contribution in [0, 0.1) is 0 Å². The average Bonchev–Trinajstić information content (AvgIpc) is 2.14. The van der Waals surface area contributed by atoms with Gasteiger partial charge in [-0.25, -0.2) is 0 Å². The standard InChI is InChI=1S/C5H6O3/c6-3-5-4(7)1-2-8-5/h3,6H,1-2H2. The van der Waals surface area contributed by atoms with Crippen molar-refractivity contribution >= 4 is 5.78 Å². The van der Waals surface area contributed by atoms with Crippen molar-refractivity contribution in [3.05, 3.63) is 12.0 Å². The minimum atomic E-state index is -0.118. The smallest absolute Gasteiger partial charge is 0.203 e. The van der Waals surface area contributed by atoms with Gasteiger partial charge in [-0.15, -0.1) is 0 Å². The summed E-state index contributed by atoms with van der Waals surface area (Å²) in [6.07, 6.45) is 1.10. The topological polar surface area (TPSA) is 46.5 Å². The molecule has 1 fully saturated rings. The second kappa shape index (κ2) is 1.86. The maximum absolute atomic E-state index is 10.5. The van der Waals surface area contributed by atoms with Crippen molar-refractivity contribution in [2.24, 2.45) is 0 Å². The van der Waals surface area contributed by atoms with Gasteiger partial charge in [0, 0.05) is 6.42 Å². The summed E-state index contributed by atoms with van der Waals surface area (Å²) >= 11 is 0. The lowest BCUT2D eigenvalue weighted by atomic mass is 10.3. The lowest BCUT2D eigenvalue weighted by Gasteiger charge is -1.88. The Labute approximate surface area is 46.6 Å². The molecule has 44 valence electrons. The van der Waals surface area contributed by atoms with Gasteiger partial charge in [0.05, 0.1) is 6.61 Å². The number of hydrogen-bond acceptors (Lipinski definition) is 3. The zero-order valence-corrected chi connectivity index (χ0v) is 4.26. The second-order valence-corrected chi connectivity index (χ2v) is 1.51. The van der Waals surface area contributed by atoms with Gasteiger partial charge in [-0.3, -0.25) is 4.79 Å². The second-order valence-electron chi connectivity index (χ2n) is 1.51. The Morgan fingerprint density at radius 1 is 1.75 bits per heavy atom. The molecular weight excluding hydrogens is 108 g/mol. The number of rotatable bonds is 0. The van der Waals surface area contributed by atoms with Crippen LogP contribution in [0.3, 0.4) is 0 Å². The van der Waals surface area contributed by atoms with Gasteiger partial charge in [-0.1, -0.05) is 0 Å². The fraction of sp³-hybridized carbons (Fsp3) is 0.400. The van der Waals surface area contributed by atoms with Crippen molar-refractivity contribution in [3.8, 4) is 0 Å². The predicted molar refractivity (Wildman–Crippen MR) is 26.3 cm³/mol. The Bertz CT molecular complexity index is 137. The van der Waals surface area contributed by atoms with Crippen LogP contribution in [0.2, 0.25) is 0 Å². The molecule has 1 aliphatic rings. The predicted octanol–water partition coefficient (Wildman–Crippen LogP) is 0.375. The van der Waals surface area contributed by atoms with Gasteiger partial charge in [0.15, 0.2) is 5.76 Å². The molecule has 0 radical (unpaired) electrons. The van der Waals surface area contributed by atoms with Crippen LogP contribution in [0.5, 0.6) is 0 Å². The number of hydrogen-bond donors (Lipinski definition) is 1. The van der Waals surface area contributed by atoms with Crippen LogP contribution in [0.15, 0.2) is 12.0 Å². The molecule has 0 aliphatic carbocycles. The summed E-state index contributed by atoms with van der Waals surface area (Å²) in [7, 11) is 0. The van der Waals surface area contributed by atoms with Gasteiger partial charge in [0.2, 0.25) is 5.78 Å². The summed E-state index contributed by atoms with van der Waals surface area (Å²) in [6.45, 7) is 0.408. The van der Waals surface area contributed by atoms with Crippen molar-refractivity contribution in [2.75, 3.05) is 6.61 Å². The molecule has 1 heterocycles. The molecule has 0 unspecified atom stereocenters. The molecule has 1 aliphatic heterocycles. The molecule has 0 atom stereocenters. The molecule has 0 spiro atoms. The number of aliphatic hydroxyl groups is 1. The summed E-state index contributed by atoms with van der Waals surface area (Å²) in [6, 6.07) is 0. The molecule has 3 heteroatoms. The van der Waals surface area contributed by atoms with E-state index in [0.717, 1.165) is 0 Å². The Hall–Kier alpha value is -0.990. The van der Waals surface area contributed by atoms with E-state index in [2.05, 4.69) is 4.74 Å². The van der Waals surface area contributed by atoms with Crippen molar-refractivity contribution < 1.29 is 14.6 Å². The third kappa shape index (κ3) is 0.665. The Balaban J connectivity index is 2.69. The number of ether oxygens (including phenoxy) is 1. The number of allylic oxidation sites excluding steroid dienone is 1. The first-order valence-corrected chi connectivity index (χ1v) is 2.35. The minimum Gasteiger partial charge on any atom is -0.512 e. The first-order chi connectivity index (χ1) is 3.84. The number of carbonyl (C=O) groups excluding carboxylic acids is 1. The van der Waals surface area contributed by atoms with Crippen LogP contribution in [-0.4, -0.2) is 17.5 Å². The summed E-state index contributed by atoms with van der Waals surface area (Å²) in [4.78, 5) is 10.5. The summed E-state index contributed by atoms with van der Waals surface area (Å²) in [5.41, 5.74) is 0. The summed E-state index contributed by atoms with van der Waals surface area (Å²) < 4.78 is 4.68. The Morgan fingerprint density at radius 2 is 2.50 bits per heavy atom. The van der Waals surface area contributed by atoms with Gasteiger partial charge >= 0.3 is 0 Å². The number of carbonyl (C=O) groups is 1. The fourth-order valence-electron chi connectivity index (χ4n) is 0.567. The minimum absolute atomic E-state index is 0.0880. The van der Waals surface area contributed by atoms with E-state index < -0.39 is 0 Å². The highest BCUT2D eigenvalue weighted by Gasteiger charge is 2.17. The van der Waals surface area contributed by atoms with E-state index >= 15 is 0 Å².